The van der Waals surface area contributed by atoms with Crippen LogP contribution < -0.4 is 10.6 Å². The summed E-state index contributed by atoms with van der Waals surface area (Å²) >= 11 is 1.56. The van der Waals surface area contributed by atoms with Gasteiger partial charge in [0, 0.05) is 30.1 Å². The highest BCUT2D eigenvalue weighted by molar-refractivity contribution is 7.09. The van der Waals surface area contributed by atoms with E-state index in [-0.39, 0.29) is 23.6 Å². The molecule has 1 aromatic heterocycles. The van der Waals surface area contributed by atoms with E-state index in [9.17, 15) is 4.79 Å². The van der Waals surface area contributed by atoms with E-state index in [1.807, 2.05) is 25.3 Å². The number of rotatable bonds is 10. The first-order chi connectivity index (χ1) is 14.0. The lowest BCUT2D eigenvalue weighted by Crippen LogP contribution is -2.52. The van der Waals surface area contributed by atoms with E-state index in [2.05, 4.69) is 46.8 Å². The van der Waals surface area contributed by atoms with Crippen molar-refractivity contribution in [1.82, 2.24) is 15.6 Å². The summed E-state index contributed by atoms with van der Waals surface area (Å²) in [4.78, 5) is 17.1. The lowest BCUT2D eigenvalue weighted by molar-refractivity contribution is -0.120. The molecule has 5 nitrogen and oxygen atoms in total. The van der Waals surface area contributed by atoms with E-state index < -0.39 is 0 Å². The molecule has 1 aromatic carbocycles. The Morgan fingerprint density at radius 3 is 2.66 bits per heavy atom. The molecular formula is C23H33N3O2S. The lowest BCUT2D eigenvalue weighted by Gasteiger charge is -2.34. The lowest BCUT2D eigenvalue weighted by atomic mass is 9.94. The van der Waals surface area contributed by atoms with Crippen molar-refractivity contribution in [3.05, 3.63) is 52.0 Å². The first-order valence-corrected chi connectivity index (χ1v) is 11.5. The van der Waals surface area contributed by atoms with E-state index in [0.717, 1.165) is 23.5 Å². The molecule has 2 aromatic rings. The van der Waals surface area contributed by atoms with Gasteiger partial charge in [0.1, 0.15) is 11.1 Å². The zero-order chi connectivity index (χ0) is 20.7. The summed E-state index contributed by atoms with van der Waals surface area (Å²) < 4.78 is 5.59. The molecule has 29 heavy (non-hydrogen) atoms. The minimum absolute atomic E-state index is 0.0211. The third-order valence-electron chi connectivity index (χ3n) is 5.68. The predicted molar refractivity (Wildman–Crippen MR) is 118 cm³/mol. The number of nitrogens with one attached hydrogen (secondary N) is 2. The van der Waals surface area contributed by atoms with E-state index in [1.165, 1.54) is 18.4 Å². The van der Waals surface area contributed by atoms with Crippen molar-refractivity contribution in [2.75, 3.05) is 13.2 Å². The largest absolute Gasteiger partial charge is 0.372 e. The smallest absolute Gasteiger partial charge is 0.226 e. The molecule has 1 aliphatic carbocycles. The maximum absolute atomic E-state index is 12.6. The van der Waals surface area contributed by atoms with Crippen molar-refractivity contribution in [1.29, 1.82) is 0 Å². The molecule has 158 valence electrons. The standard InChI is InChI=1S/C23H33N3O2S/c1-4-28-18(3)22-25-20(15-29-22)14-21(27)24-16-23(12-8-9-13-23)26-17(2)19-10-6-5-7-11-19/h5-7,10-11,15,17-18,26H,4,8-9,12-14,16H2,1-3H3,(H,24,27). The van der Waals surface area contributed by atoms with Gasteiger partial charge < -0.3 is 15.4 Å². The Hall–Kier alpha value is -1.76. The highest BCUT2D eigenvalue weighted by Gasteiger charge is 2.35. The first kappa shape index (κ1) is 21.9. The Balaban J connectivity index is 1.54. The van der Waals surface area contributed by atoms with Crippen LogP contribution in [-0.2, 0) is 16.0 Å². The van der Waals surface area contributed by atoms with Gasteiger partial charge in [-0.15, -0.1) is 11.3 Å². The van der Waals surface area contributed by atoms with Crippen LogP contribution in [0.5, 0.6) is 0 Å². The van der Waals surface area contributed by atoms with Crippen molar-refractivity contribution in [2.24, 2.45) is 0 Å². The topological polar surface area (TPSA) is 63.2 Å². The number of thiazole rings is 1. The Bertz CT molecular complexity index is 771. The number of hydrogen-bond acceptors (Lipinski definition) is 5. The van der Waals surface area contributed by atoms with Crippen LogP contribution in [0.3, 0.4) is 0 Å². The Morgan fingerprint density at radius 1 is 1.24 bits per heavy atom. The van der Waals surface area contributed by atoms with Crippen LogP contribution >= 0.6 is 11.3 Å². The van der Waals surface area contributed by atoms with E-state index in [4.69, 9.17) is 4.74 Å². The van der Waals surface area contributed by atoms with Crippen molar-refractivity contribution in [2.45, 2.75) is 70.6 Å². The number of nitrogens with zero attached hydrogens (tertiary/aromatic N) is 1. The van der Waals surface area contributed by atoms with Gasteiger partial charge in [-0.1, -0.05) is 43.2 Å². The number of amides is 1. The third-order valence-corrected chi connectivity index (χ3v) is 6.74. The summed E-state index contributed by atoms with van der Waals surface area (Å²) in [7, 11) is 0. The van der Waals surface area contributed by atoms with Crippen molar-refractivity contribution in [3.8, 4) is 0 Å². The molecule has 1 saturated carbocycles. The van der Waals surface area contributed by atoms with Crippen molar-refractivity contribution >= 4 is 17.2 Å². The molecule has 0 bridgehead atoms. The molecule has 1 amide bonds. The molecule has 0 spiro atoms. The molecule has 1 fully saturated rings. The van der Waals surface area contributed by atoms with Crippen LogP contribution in [0.25, 0.3) is 0 Å². The van der Waals surface area contributed by atoms with Crippen LogP contribution in [0.1, 0.15) is 74.9 Å². The van der Waals surface area contributed by atoms with Crippen molar-refractivity contribution < 1.29 is 9.53 Å². The average Bonchev–Trinajstić information content (AvgIpc) is 3.38. The van der Waals surface area contributed by atoms with E-state index >= 15 is 0 Å². The zero-order valence-corrected chi connectivity index (χ0v) is 18.6. The number of benzene rings is 1. The third kappa shape index (κ3) is 6.11. The molecule has 2 unspecified atom stereocenters. The molecule has 0 saturated heterocycles. The van der Waals surface area contributed by atoms with Crippen LogP contribution in [0.2, 0.25) is 0 Å². The van der Waals surface area contributed by atoms with Crippen molar-refractivity contribution in [3.63, 3.8) is 0 Å². The number of aromatic nitrogens is 1. The highest BCUT2D eigenvalue weighted by Crippen LogP contribution is 2.32. The van der Waals surface area contributed by atoms with E-state index in [1.54, 1.807) is 11.3 Å². The summed E-state index contributed by atoms with van der Waals surface area (Å²) in [6.07, 6.45) is 4.89. The summed E-state index contributed by atoms with van der Waals surface area (Å²) in [5, 5.41) is 9.88. The average molecular weight is 416 g/mol. The quantitative estimate of drug-likeness (QED) is 0.597. The zero-order valence-electron chi connectivity index (χ0n) is 17.7. The molecule has 6 heteroatoms. The minimum Gasteiger partial charge on any atom is -0.372 e. The highest BCUT2D eigenvalue weighted by atomic mass is 32.1. The second-order valence-electron chi connectivity index (χ2n) is 7.99. The van der Waals surface area contributed by atoms with Gasteiger partial charge in [0.15, 0.2) is 0 Å². The maximum Gasteiger partial charge on any atom is 0.226 e. The summed E-state index contributed by atoms with van der Waals surface area (Å²) in [6, 6.07) is 10.8. The summed E-state index contributed by atoms with van der Waals surface area (Å²) in [6.45, 7) is 7.50. The van der Waals surface area contributed by atoms with Gasteiger partial charge in [0.05, 0.1) is 12.1 Å². The number of carbonyl (C=O) groups excluding carboxylic acids is 1. The number of hydrogen-bond donors (Lipinski definition) is 2. The molecule has 2 atom stereocenters. The molecule has 0 aliphatic heterocycles. The number of ether oxygens (including phenoxy) is 1. The Labute approximate surface area is 178 Å². The van der Waals surface area contributed by atoms with Crippen LogP contribution in [-0.4, -0.2) is 29.6 Å². The molecule has 3 rings (SSSR count). The van der Waals surface area contributed by atoms with Gasteiger partial charge in [0.2, 0.25) is 5.91 Å². The van der Waals surface area contributed by atoms with Gasteiger partial charge in [0.25, 0.3) is 0 Å². The molecule has 1 aliphatic rings. The van der Waals surface area contributed by atoms with Crippen LogP contribution in [0.4, 0.5) is 0 Å². The Kier molecular flexibility index (Phi) is 7.81. The summed E-state index contributed by atoms with van der Waals surface area (Å²) in [5.41, 5.74) is 2.07. The fourth-order valence-corrected chi connectivity index (χ4v) is 4.94. The van der Waals surface area contributed by atoms with Gasteiger partial charge in [-0.05, 0) is 39.2 Å². The first-order valence-electron chi connectivity index (χ1n) is 10.7. The summed E-state index contributed by atoms with van der Waals surface area (Å²) in [5.74, 6) is 0.0337. The predicted octanol–water partition coefficient (Wildman–Crippen LogP) is 4.56. The number of carbonyl (C=O) groups is 1. The van der Waals surface area contributed by atoms with Crippen LogP contribution in [0, 0.1) is 0 Å². The van der Waals surface area contributed by atoms with Gasteiger partial charge in [-0.2, -0.15) is 0 Å². The van der Waals surface area contributed by atoms with Gasteiger partial charge in [-0.25, -0.2) is 4.98 Å². The monoisotopic (exact) mass is 415 g/mol. The van der Waals surface area contributed by atoms with Gasteiger partial charge >= 0.3 is 0 Å². The fourth-order valence-electron chi connectivity index (χ4n) is 4.11. The minimum atomic E-state index is -0.0262. The normalized spacial score (nSPS) is 17.8. The fraction of sp³-hybridized carbons (Fsp3) is 0.565. The second-order valence-corrected chi connectivity index (χ2v) is 8.88. The van der Waals surface area contributed by atoms with E-state index in [0.29, 0.717) is 19.6 Å². The second kappa shape index (κ2) is 10.3. The molecule has 0 radical (unpaired) electrons. The maximum atomic E-state index is 12.6. The molecule has 2 N–H and O–H groups in total. The Morgan fingerprint density at radius 2 is 1.97 bits per heavy atom. The SMILES string of the molecule is CCOC(C)c1nc(CC(=O)NCC2(NC(C)c3ccccc3)CCCC2)cs1. The molecular weight excluding hydrogens is 382 g/mol. The van der Waals surface area contributed by atoms with Gasteiger partial charge in [-0.3, -0.25) is 4.79 Å². The molecule has 1 heterocycles. The van der Waals surface area contributed by atoms with Crippen LogP contribution in [0.15, 0.2) is 35.7 Å².